The summed E-state index contributed by atoms with van der Waals surface area (Å²) in [6, 6.07) is 0. The van der Waals surface area contributed by atoms with E-state index in [-0.39, 0.29) is 6.42 Å². The fourth-order valence-corrected chi connectivity index (χ4v) is 1.51. The van der Waals surface area contributed by atoms with Crippen molar-refractivity contribution >= 4 is 5.97 Å². The van der Waals surface area contributed by atoms with Gasteiger partial charge in [0.1, 0.15) is 6.10 Å². The predicted octanol–water partition coefficient (Wildman–Crippen LogP) is -2.35. The minimum absolute atomic E-state index is 0.0304. The molecule has 3 unspecified atom stereocenters. The van der Waals surface area contributed by atoms with Crippen molar-refractivity contribution in [3.05, 3.63) is 0 Å². The highest BCUT2D eigenvalue weighted by Gasteiger charge is 2.47. The van der Waals surface area contributed by atoms with Gasteiger partial charge in [0.2, 0.25) is 0 Å². The Balaban J connectivity index is 2.75. The van der Waals surface area contributed by atoms with Crippen LogP contribution in [0.5, 0.6) is 0 Å². The van der Waals surface area contributed by atoms with Crippen LogP contribution in [-0.4, -0.2) is 62.2 Å². The standard InChI is InChI=1S/C8H14O7/c9-3-5(11)6-1-4(10)2-8(14,15-6)7(12)13/h4-6,9-11,14H,1-3H2,(H,12,13)/t4?,5?,6?,8-/m1/s1. The zero-order valence-corrected chi connectivity index (χ0v) is 7.91. The van der Waals surface area contributed by atoms with Crippen molar-refractivity contribution in [3.8, 4) is 0 Å². The van der Waals surface area contributed by atoms with Crippen LogP contribution in [0, 0.1) is 0 Å². The molecule has 1 aliphatic heterocycles. The Morgan fingerprint density at radius 1 is 1.60 bits per heavy atom. The van der Waals surface area contributed by atoms with Crippen LogP contribution in [0.2, 0.25) is 0 Å². The summed E-state index contributed by atoms with van der Waals surface area (Å²) in [5.41, 5.74) is 0. The molecular formula is C8H14O7. The first-order valence-electron chi connectivity index (χ1n) is 4.49. The summed E-state index contributed by atoms with van der Waals surface area (Å²) >= 11 is 0. The molecule has 88 valence electrons. The lowest BCUT2D eigenvalue weighted by Crippen LogP contribution is -2.54. The Morgan fingerprint density at radius 2 is 2.20 bits per heavy atom. The third-order valence-corrected chi connectivity index (χ3v) is 2.31. The number of carbonyl (C=O) groups is 1. The molecule has 0 aromatic carbocycles. The molecule has 0 radical (unpaired) electrons. The molecule has 1 rings (SSSR count). The lowest BCUT2D eigenvalue weighted by Gasteiger charge is -2.38. The van der Waals surface area contributed by atoms with E-state index in [0.717, 1.165) is 0 Å². The lowest BCUT2D eigenvalue weighted by molar-refractivity contribution is -0.283. The van der Waals surface area contributed by atoms with Crippen LogP contribution in [0.15, 0.2) is 0 Å². The van der Waals surface area contributed by atoms with Gasteiger partial charge in [-0.15, -0.1) is 0 Å². The van der Waals surface area contributed by atoms with Gasteiger partial charge in [0.05, 0.1) is 18.8 Å². The number of carboxylic acids is 1. The van der Waals surface area contributed by atoms with Gasteiger partial charge in [0.15, 0.2) is 0 Å². The van der Waals surface area contributed by atoms with Crippen LogP contribution in [0.4, 0.5) is 0 Å². The molecule has 1 aliphatic rings. The number of ether oxygens (including phenoxy) is 1. The number of aliphatic carboxylic acids is 1. The van der Waals surface area contributed by atoms with E-state index >= 15 is 0 Å². The molecule has 7 heteroatoms. The fourth-order valence-electron chi connectivity index (χ4n) is 1.51. The van der Waals surface area contributed by atoms with Gasteiger partial charge >= 0.3 is 5.97 Å². The summed E-state index contributed by atoms with van der Waals surface area (Å²) in [6.45, 7) is -0.632. The van der Waals surface area contributed by atoms with Crippen LogP contribution in [0.3, 0.4) is 0 Å². The first kappa shape index (κ1) is 12.3. The van der Waals surface area contributed by atoms with E-state index in [9.17, 15) is 20.1 Å². The first-order valence-corrected chi connectivity index (χ1v) is 4.49. The molecule has 0 amide bonds. The highest BCUT2D eigenvalue weighted by atomic mass is 16.7. The van der Waals surface area contributed by atoms with E-state index in [1.807, 2.05) is 0 Å². The van der Waals surface area contributed by atoms with Gasteiger partial charge in [0.25, 0.3) is 5.79 Å². The third kappa shape index (κ3) is 2.64. The van der Waals surface area contributed by atoms with Gasteiger partial charge in [-0.3, -0.25) is 0 Å². The third-order valence-electron chi connectivity index (χ3n) is 2.31. The number of carboxylic acid groups (broad SMARTS) is 1. The summed E-state index contributed by atoms with van der Waals surface area (Å²) in [6.07, 6.45) is -4.01. The van der Waals surface area contributed by atoms with E-state index in [1.54, 1.807) is 0 Å². The number of aliphatic hydroxyl groups excluding tert-OH is 3. The maximum Gasteiger partial charge on any atom is 0.364 e. The summed E-state index contributed by atoms with van der Waals surface area (Å²) in [5.74, 6) is -4.13. The second-order valence-electron chi connectivity index (χ2n) is 3.59. The molecule has 0 bridgehead atoms. The molecular weight excluding hydrogens is 208 g/mol. The van der Waals surface area contributed by atoms with Gasteiger partial charge in [-0.2, -0.15) is 0 Å². The smallest absolute Gasteiger partial charge is 0.364 e. The minimum Gasteiger partial charge on any atom is -0.477 e. The molecule has 0 aromatic rings. The number of hydrogen-bond acceptors (Lipinski definition) is 6. The number of aliphatic hydroxyl groups is 4. The van der Waals surface area contributed by atoms with Gasteiger partial charge in [-0.25, -0.2) is 4.79 Å². The fraction of sp³-hybridized carbons (Fsp3) is 0.875. The van der Waals surface area contributed by atoms with Crippen LogP contribution >= 0.6 is 0 Å². The second-order valence-corrected chi connectivity index (χ2v) is 3.59. The zero-order valence-electron chi connectivity index (χ0n) is 7.91. The molecule has 5 N–H and O–H groups in total. The zero-order chi connectivity index (χ0) is 11.6. The molecule has 1 heterocycles. The van der Waals surface area contributed by atoms with E-state index in [2.05, 4.69) is 0 Å². The maximum atomic E-state index is 10.6. The van der Waals surface area contributed by atoms with Crippen molar-refractivity contribution < 1.29 is 35.1 Å². The number of hydrogen-bond donors (Lipinski definition) is 5. The molecule has 0 spiro atoms. The van der Waals surface area contributed by atoms with Gasteiger partial charge < -0.3 is 30.3 Å². The van der Waals surface area contributed by atoms with Gasteiger partial charge in [-0.05, 0) is 0 Å². The largest absolute Gasteiger partial charge is 0.477 e. The Kier molecular flexibility index (Phi) is 3.63. The average molecular weight is 222 g/mol. The normalized spacial score (nSPS) is 38.7. The monoisotopic (exact) mass is 222 g/mol. The molecule has 7 nitrogen and oxygen atoms in total. The van der Waals surface area contributed by atoms with Gasteiger partial charge in [-0.1, -0.05) is 0 Å². The molecule has 1 fully saturated rings. The van der Waals surface area contributed by atoms with E-state index in [4.69, 9.17) is 14.9 Å². The lowest BCUT2D eigenvalue weighted by atomic mass is 9.96. The first-order chi connectivity index (χ1) is 6.89. The van der Waals surface area contributed by atoms with E-state index < -0.39 is 43.1 Å². The number of rotatable bonds is 3. The SMILES string of the molecule is O=C(O)[C@@]1(O)CC(O)CC(C(O)CO)O1. The van der Waals surface area contributed by atoms with Crippen LogP contribution < -0.4 is 0 Å². The summed E-state index contributed by atoms with van der Waals surface area (Å²) < 4.78 is 4.74. The Bertz CT molecular complexity index is 243. The molecule has 4 atom stereocenters. The molecule has 0 saturated carbocycles. The van der Waals surface area contributed by atoms with Crippen molar-refractivity contribution in [2.24, 2.45) is 0 Å². The van der Waals surface area contributed by atoms with Crippen molar-refractivity contribution in [3.63, 3.8) is 0 Å². The van der Waals surface area contributed by atoms with E-state index in [0.29, 0.717) is 0 Å². The Labute approximate surface area is 85.5 Å². The van der Waals surface area contributed by atoms with Crippen molar-refractivity contribution in [1.29, 1.82) is 0 Å². The molecule has 0 aliphatic carbocycles. The average Bonchev–Trinajstić information content (AvgIpc) is 2.15. The molecule has 15 heavy (non-hydrogen) atoms. The molecule has 0 aromatic heterocycles. The highest BCUT2D eigenvalue weighted by Crippen LogP contribution is 2.28. The quantitative estimate of drug-likeness (QED) is 0.362. The van der Waals surface area contributed by atoms with Crippen molar-refractivity contribution in [2.45, 2.75) is 36.9 Å². The minimum atomic E-state index is -2.50. The molecule has 1 saturated heterocycles. The predicted molar refractivity (Wildman–Crippen MR) is 45.8 cm³/mol. The van der Waals surface area contributed by atoms with Crippen molar-refractivity contribution in [2.75, 3.05) is 6.61 Å². The van der Waals surface area contributed by atoms with Crippen LogP contribution in [-0.2, 0) is 9.53 Å². The van der Waals surface area contributed by atoms with Gasteiger partial charge in [0, 0.05) is 12.8 Å². The summed E-state index contributed by atoms with van der Waals surface area (Å²) in [4.78, 5) is 10.6. The topological polar surface area (TPSA) is 127 Å². The van der Waals surface area contributed by atoms with Crippen LogP contribution in [0.1, 0.15) is 12.8 Å². The summed E-state index contributed by atoms with van der Waals surface area (Å²) in [5, 5.41) is 45.3. The Morgan fingerprint density at radius 3 is 2.67 bits per heavy atom. The van der Waals surface area contributed by atoms with Crippen molar-refractivity contribution in [1.82, 2.24) is 0 Å². The Hall–Kier alpha value is -0.730. The van der Waals surface area contributed by atoms with Crippen LogP contribution in [0.25, 0.3) is 0 Å². The van der Waals surface area contributed by atoms with E-state index in [1.165, 1.54) is 0 Å². The second kappa shape index (κ2) is 4.42. The summed E-state index contributed by atoms with van der Waals surface area (Å²) in [7, 11) is 0. The highest BCUT2D eigenvalue weighted by molar-refractivity contribution is 5.75. The maximum absolute atomic E-state index is 10.6.